The maximum absolute atomic E-state index is 11.6. The molecule has 1 aromatic rings. The number of hydrogen-bond donors (Lipinski definition) is 3. The number of aliphatic carboxylic acids is 1. The summed E-state index contributed by atoms with van der Waals surface area (Å²) in [7, 11) is 0. The summed E-state index contributed by atoms with van der Waals surface area (Å²) in [6.07, 6.45) is -0.521. The summed E-state index contributed by atoms with van der Waals surface area (Å²) in [5.41, 5.74) is 0.911. The third kappa shape index (κ3) is 7.61. The summed E-state index contributed by atoms with van der Waals surface area (Å²) in [5.74, 6) is -0.945. The van der Waals surface area contributed by atoms with Crippen LogP contribution in [0.1, 0.15) is 19.4 Å². The predicted octanol–water partition coefficient (Wildman–Crippen LogP) is 1.34. The number of carboxylic acids is 1. The fraction of sp³-hybridized carbons (Fsp3) is 0.467. The maximum atomic E-state index is 11.6. The summed E-state index contributed by atoms with van der Waals surface area (Å²) < 4.78 is 10.3. The zero-order valence-electron chi connectivity index (χ0n) is 12.7. The normalized spacial score (nSPS) is 13.2. The largest absolute Gasteiger partial charge is 0.480 e. The van der Waals surface area contributed by atoms with Crippen LogP contribution in [-0.2, 0) is 20.9 Å². The molecule has 1 amide bonds. The molecule has 0 saturated carbocycles. The van der Waals surface area contributed by atoms with Gasteiger partial charge in [0.15, 0.2) is 0 Å². The van der Waals surface area contributed by atoms with Gasteiger partial charge in [0.05, 0.1) is 19.4 Å². The summed E-state index contributed by atoms with van der Waals surface area (Å²) >= 11 is 0. The Morgan fingerprint density at radius 2 is 1.91 bits per heavy atom. The molecule has 0 aliphatic heterocycles. The first-order valence-electron chi connectivity index (χ1n) is 7.00. The van der Waals surface area contributed by atoms with Crippen LogP contribution in [0.25, 0.3) is 0 Å². The summed E-state index contributed by atoms with van der Waals surface area (Å²) in [4.78, 5) is 22.1. The number of ether oxygens (including phenoxy) is 2. The molecule has 0 bridgehead atoms. The fourth-order valence-corrected chi connectivity index (χ4v) is 1.51. The highest BCUT2D eigenvalue weighted by Gasteiger charge is 2.11. The van der Waals surface area contributed by atoms with Crippen molar-refractivity contribution in [3.63, 3.8) is 0 Å². The predicted molar refractivity (Wildman–Crippen MR) is 80.3 cm³/mol. The van der Waals surface area contributed by atoms with Gasteiger partial charge < -0.3 is 19.9 Å². The zero-order valence-corrected chi connectivity index (χ0v) is 12.7. The molecule has 0 aliphatic rings. The molecule has 2 atom stereocenters. The maximum Gasteiger partial charge on any atom is 0.407 e. The number of alkyl carbamates (subject to hydrolysis) is 1. The number of carboxylic acid groups (broad SMARTS) is 1. The number of carbonyl (C=O) groups excluding carboxylic acids is 1. The Balaban J connectivity index is 2.12. The Morgan fingerprint density at radius 1 is 1.23 bits per heavy atom. The lowest BCUT2D eigenvalue weighted by Crippen LogP contribution is -2.39. The molecule has 7 nitrogen and oxygen atoms in total. The van der Waals surface area contributed by atoms with E-state index in [9.17, 15) is 9.59 Å². The Hall–Kier alpha value is -2.12. The Labute approximate surface area is 129 Å². The molecule has 0 heterocycles. The van der Waals surface area contributed by atoms with Crippen molar-refractivity contribution in [2.45, 2.75) is 32.5 Å². The molecule has 3 N–H and O–H groups in total. The standard InChI is InChI=1S/C15H22N2O5/c1-11(8-21-10-16-12(2)14(18)19)17-15(20)22-9-13-6-4-3-5-7-13/h3-7,11-12,16H,8-10H2,1-2H3,(H,17,20)(H,18,19)/t11-,12-/m0/s1. The number of rotatable bonds is 9. The number of hydrogen-bond acceptors (Lipinski definition) is 5. The fourth-order valence-electron chi connectivity index (χ4n) is 1.51. The van der Waals surface area contributed by atoms with Crippen molar-refractivity contribution in [3.8, 4) is 0 Å². The van der Waals surface area contributed by atoms with Gasteiger partial charge in [-0.25, -0.2) is 4.79 Å². The second-order valence-corrected chi connectivity index (χ2v) is 4.89. The van der Waals surface area contributed by atoms with E-state index in [0.29, 0.717) is 0 Å². The molecule has 7 heteroatoms. The summed E-state index contributed by atoms with van der Waals surface area (Å²) in [5, 5.41) is 14.0. The molecule has 0 radical (unpaired) electrons. The van der Waals surface area contributed by atoms with Crippen molar-refractivity contribution in [3.05, 3.63) is 35.9 Å². The lowest BCUT2D eigenvalue weighted by molar-refractivity contribution is -0.139. The van der Waals surface area contributed by atoms with Crippen LogP contribution < -0.4 is 10.6 Å². The van der Waals surface area contributed by atoms with Gasteiger partial charge >= 0.3 is 12.1 Å². The van der Waals surface area contributed by atoms with Crippen LogP contribution in [0.2, 0.25) is 0 Å². The highest BCUT2D eigenvalue weighted by atomic mass is 16.5. The molecule has 22 heavy (non-hydrogen) atoms. The minimum absolute atomic E-state index is 0.0958. The van der Waals surface area contributed by atoms with Crippen LogP contribution in [0.3, 0.4) is 0 Å². The van der Waals surface area contributed by atoms with Crippen molar-refractivity contribution >= 4 is 12.1 Å². The third-order valence-electron chi connectivity index (χ3n) is 2.81. The van der Waals surface area contributed by atoms with Gasteiger partial charge in [-0.15, -0.1) is 0 Å². The van der Waals surface area contributed by atoms with Gasteiger partial charge in [0.1, 0.15) is 12.6 Å². The van der Waals surface area contributed by atoms with E-state index in [4.69, 9.17) is 14.6 Å². The lowest BCUT2D eigenvalue weighted by atomic mass is 10.2. The van der Waals surface area contributed by atoms with Gasteiger partial charge in [-0.3, -0.25) is 10.1 Å². The molecular formula is C15H22N2O5. The first-order chi connectivity index (χ1) is 10.5. The number of amides is 1. The van der Waals surface area contributed by atoms with Gasteiger partial charge in [-0.05, 0) is 19.4 Å². The molecule has 0 spiro atoms. The van der Waals surface area contributed by atoms with Crippen LogP contribution in [0.4, 0.5) is 4.79 Å². The van der Waals surface area contributed by atoms with E-state index in [0.717, 1.165) is 5.56 Å². The highest BCUT2D eigenvalue weighted by molar-refractivity contribution is 5.72. The molecule has 1 aromatic carbocycles. The van der Waals surface area contributed by atoms with Gasteiger partial charge in [0, 0.05) is 0 Å². The molecule has 0 aliphatic carbocycles. The minimum Gasteiger partial charge on any atom is -0.480 e. The first-order valence-corrected chi connectivity index (χ1v) is 7.00. The third-order valence-corrected chi connectivity index (χ3v) is 2.81. The molecule has 122 valence electrons. The minimum atomic E-state index is -0.945. The molecular weight excluding hydrogens is 288 g/mol. The van der Waals surface area contributed by atoms with Gasteiger partial charge in [-0.2, -0.15) is 0 Å². The second-order valence-electron chi connectivity index (χ2n) is 4.89. The van der Waals surface area contributed by atoms with Crippen molar-refractivity contribution in [2.24, 2.45) is 0 Å². The van der Waals surface area contributed by atoms with Gasteiger partial charge in [0.2, 0.25) is 0 Å². The lowest BCUT2D eigenvalue weighted by Gasteiger charge is -2.15. The van der Waals surface area contributed by atoms with E-state index in [-0.39, 0.29) is 26.0 Å². The average molecular weight is 310 g/mol. The SMILES string of the molecule is C[C@H](NCOC[C@H](C)NC(=O)OCc1ccccc1)C(=O)O. The van der Waals surface area contributed by atoms with Crippen LogP contribution in [0, 0.1) is 0 Å². The Morgan fingerprint density at radius 3 is 2.55 bits per heavy atom. The molecule has 0 unspecified atom stereocenters. The zero-order chi connectivity index (χ0) is 16.4. The second kappa shape index (κ2) is 9.75. The van der Waals surface area contributed by atoms with Crippen molar-refractivity contribution in [2.75, 3.05) is 13.3 Å². The number of nitrogens with one attached hydrogen (secondary N) is 2. The first kappa shape index (κ1) is 17.9. The van der Waals surface area contributed by atoms with E-state index in [1.165, 1.54) is 6.92 Å². The number of benzene rings is 1. The van der Waals surface area contributed by atoms with E-state index in [1.807, 2.05) is 30.3 Å². The molecule has 1 rings (SSSR count). The van der Waals surface area contributed by atoms with E-state index in [2.05, 4.69) is 10.6 Å². The highest BCUT2D eigenvalue weighted by Crippen LogP contribution is 2.00. The molecule has 0 fully saturated rings. The molecule has 0 saturated heterocycles. The van der Waals surface area contributed by atoms with Crippen LogP contribution >= 0.6 is 0 Å². The molecule has 0 aromatic heterocycles. The van der Waals surface area contributed by atoms with E-state index < -0.39 is 18.1 Å². The smallest absolute Gasteiger partial charge is 0.407 e. The topological polar surface area (TPSA) is 96.9 Å². The van der Waals surface area contributed by atoms with Crippen molar-refractivity contribution in [1.82, 2.24) is 10.6 Å². The average Bonchev–Trinajstić information content (AvgIpc) is 2.50. The van der Waals surface area contributed by atoms with Crippen molar-refractivity contribution < 1.29 is 24.2 Å². The van der Waals surface area contributed by atoms with E-state index >= 15 is 0 Å². The van der Waals surface area contributed by atoms with Gasteiger partial charge in [0.25, 0.3) is 0 Å². The number of carbonyl (C=O) groups is 2. The van der Waals surface area contributed by atoms with E-state index in [1.54, 1.807) is 6.92 Å². The quantitative estimate of drug-likeness (QED) is 0.470. The van der Waals surface area contributed by atoms with Crippen molar-refractivity contribution in [1.29, 1.82) is 0 Å². The monoisotopic (exact) mass is 310 g/mol. The van der Waals surface area contributed by atoms with Crippen LogP contribution in [0.15, 0.2) is 30.3 Å². The summed E-state index contributed by atoms with van der Waals surface area (Å²) in [6.45, 7) is 3.84. The van der Waals surface area contributed by atoms with Gasteiger partial charge in [-0.1, -0.05) is 30.3 Å². The van der Waals surface area contributed by atoms with Crippen LogP contribution in [-0.4, -0.2) is 42.6 Å². The Bertz CT molecular complexity index is 466. The summed E-state index contributed by atoms with van der Waals surface area (Å²) in [6, 6.07) is 8.45. The van der Waals surface area contributed by atoms with Crippen LogP contribution in [0.5, 0.6) is 0 Å². The Kier molecular flexibility index (Phi) is 7.95.